The van der Waals surface area contributed by atoms with Crippen molar-refractivity contribution in [3.05, 3.63) is 59.4 Å². The van der Waals surface area contributed by atoms with Crippen LogP contribution in [0.1, 0.15) is 102 Å². The van der Waals surface area contributed by atoms with Crippen LogP contribution in [0.15, 0.2) is 36.7 Å². The molecule has 6 heteroatoms. The summed E-state index contributed by atoms with van der Waals surface area (Å²) in [6.07, 6.45) is 16.7. The Bertz CT molecular complexity index is 1250. The van der Waals surface area contributed by atoms with E-state index in [4.69, 9.17) is 0 Å². The van der Waals surface area contributed by atoms with Gasteiger partial charge in [0.05, 0.1) is 11.4 Å². The Morgan fingerprint density at radius 2 is 1.05 bits per heavy atom. The van der Waals surface area contributed by atoms with Crippen LogP contribution >= 0.6 is 0 Å². The number of H-pyrrole nitrogens is 2. The van der Waals surface area contributed by atoms with E-state index in [0.29, 0.717) is 22.5 Å². The van der Waals surface area contributed by atoms with Gasteiger partial charge in [-0.3, -0.25) is 9.59 Å². The van der Waals surface area contributed by atoms with E-state index in [1.165, 1.54) is 37.8 Å². The SMILES string of the molecule is CCCC1CCC(C(=O)Cc2cc[nH]c2-c2cc(F)c(-c3[nH]ccc3CC(=O)C3CCC(CCC)CC3)cc2F)CC1. The number of carbonyl (C=O) groups excluding carboxylic acids is 2. The molecule has 4 nitrogen and oxygen atoms in total. The number of Topliss-reactive ketones (excluding diaryl/α,β-unsaturated/α-hetero) is 2. The Balaban J connectivity index is 1.27. The maximum Gasteiger partial charge on any atom is 0.140 e. The van der Waals surface area contributed by atoms with Gasteiger partial charge < -0.3 is 9.97 Å². The first kappa shape index (κ1) is 30.4. The van der Waals surface area contributed by atoms with Gasteiger partial charge in [0.2, 0.25) is 0 Å². The first-order valence-electron chi connectivity index (χ1n) is 16.3. The smallest absolute Gasteiger partial charge is 0.140 e. The van der Waals surface area contributed by atoms with E-state index in [-0.39, 0.29) is 47.4 Å². The normalized spacial score (nSPS) is 22.8. The lowest BCUT2D eigenvalue weighted by atomic mass is 9.77. The largest absolute Gasteiger partial charge is 0.361 e. The molecule has 226 valence electrons. The van der Waals surface area contributed by atoms with Crippen molar-refractivity contribution in [2.45, 2.75) is 104 Å². The fourth-order valence-corrected chi connectivity index (χ4v) is 7.56. The van der Waals surface area contributed by atoms with Gasteiger partial charge in [0.1, 0.15) is 23.2 Å². The van der Waals surface area contributed by atoms with Crippen molar-refractivity contribution in [2.75, 3.05) is 0 Å². The summed E-state index contributed by atoms with van der Waals surface area (Å²) in [4.78, 5) is 32.4. The number of hydrogen-bond acceptors (Lipinski definition) is 2. The molecule has 0 radical (unpaired) electrons. The standard InChI is InChI=1S/C36H46F2N2O2/c1-3-5-23-7-11-25(12-8-23)33(41)19-27-15-17-39-35(27)29-21-32(38)30(22-31(29)37)36-28(16-18-40-36)20-34(42)26-13-9-24(6-4-2)10-14-26/h15-18,21-26,39-40H,3-14,19-20H2,1-2H3. The third-order valence-corrected chi connectivity index (χ3v) is 9.99. The van der Waals surface area contributed by atoms with Crippen LogP contribution < -0.4 is 0 Å². The molecule has 0 aliphatic heterocycles. The molecule has 1 aromatic carbocycles. The minimum atomic E-state index is -0.566. The van der Waals surface area contributed by atoms with Crippen molar-refractivity contribution in [3.8, 4) is 22.5 Å². The van der Waals surface area contributed by atoms with E-state index in [2.05, 4.69) is 23.8 Å². The first-order chi connectivity index (χ1) is 20.4. The molecule has 2 saturated carbocycles. The fourth-order valence-electron chi connectivity index (χ4n) is 7.56. The molecule has 2 N–H and O–H groups in total. The van der Waals surface area contributed by atoms with Crippen LogP contribution in [-0.2, 0) is 22.4 Å². The topological polar surface area (TPSA) is 65.7 Å². The fraction of sp³-hybridized carbons (Fsp3) is 0.556. The minimum absolute atomic E-state index is 0.0465. The molecule has 0 atom stereocenters. The van der Waals surface area contributed by atoms with Crippen LogP contribution in [0.3, 0.4) is 0 Å². The van der Waals surface area contributed by atoms with E-state index in [9.17, 15) is 9.59 Å². The molecule has 0 saturated heterocycles. The summed E-state index contributed by atoms with van der Waals surface area (Å²) >= 11 is 0. The van der Waals surface area contributed by atoms with Gasteiger partial charge >= 0.3 is 0 Å². The number of nitrogens with one attached hydrogen (secondary N) is 2. The quantitative estimate of drug-likeness (QED) is 0.226. The third-order valence-electron chi connectivity index (χ3n) is 9.99. The molecular formula is C36H46F2N2O2. The summed E-state index contributed by atoms with van der Waals surface area (Å²) in [6.45, 7) is 4.41. The molecular weight excluding hydrogens is 530 g/mol. The summed E-state index contributed by atoms with van der Waals surface area (Å²) in [5, 5.41) is 0. The highest BCUT2D eigenvalue weighted by Crippen LogP contribution is 2.37. The van der Waals surface area contributed by atoms with Crippen LogP contribution in [0.25, 0.3) is 22.5 Å². The number of benzene rings is 1. The number of rotatable bonds is 12. The molecule has 2 aliphatic carbocycles. The van der Waals surface area contributed by atoms with Crippen LogP contribution in [0, 0.1) is 35.3 Å². The number of halogens is 2. The van der Waals surface area contributed by atoms with E-state index in [1.807, 2.05) is 0 Å². The van der Waals surface area contributed by atoms with Gasteiger partial charge in [-0.05, 0) is 98.6 Å². The average molecular weight is 577 g/mol. The summed E-state index contributed by atoms with van der Waals surface area (Å²) in [6, 6.07) is 6.01. The van der Waals surface area contributed by atoms with Gasteiger partial charge in [-0.15, -0.1) is 0 Å². The van der Waals surface area contributed by atoms with Crippen molar-refractivity contribution in [2.24, 2.45) is 23.7 Å². The number of ketones is 2. The molecule has 3 aromatic rings. The second-order valence-corrected chi connectivity index (χ2v) is 12.9. The van der Waals surface area contributed by atoms with Crippen molar-refractivity contribution in [3.63, 3.8) is 0 Å². The van der Waals surface area contributed by atoms with Gasteiger partial charge in [0.15, 0.2) is 0 Å². The highest BCUT2D eigenvalue weighted by atomic mass is 19.1. The second-order valence-electron chi connectivity index (χ2n) is 12.9. The molecule has 0 spiro atoms. The lowest BCUT2D eigenvalue weighted by molar-refractivity contribution is -0.124. The predicted molar refractivity (Wildman–Crippen MR) is 164 cm³/mol. The van der Waals surface area contributed by atoms with E-state index in [0.717, 1.165) is 63.2 Å². The maximum atomic E-state index is 15.6. The lowest BCUT2D eigenvalue weighted by Gasteiger charge is -2.27. The molecule has 0 unspecified atom stereocenters. The van der Waals surface area contributed by atoms with Crippen molar-refractivity contribution in [1.29, 1.82) is 0 Å². The predicted octanol–water partition coefficient (Wildman–Crippen LogP) is 9.39. The average Bonchev–Trinajstić information content (AvgIpc) is 3.64. The van der Waals surface area contributed by atoms with Crippen LogP contribution in [-0.4, -0.2) is 21.5 Å². The zero-order valence-electron chi connectivity index (χ0n) is 25.2. The molecule has 2 aromatic heterocycles. The van der Waals surface area contributed by atoms with Crippen molar-refractivity contribution < 1.29 is 18.4 Å². The van der Waals surface area contributed by atoms with Crippen LogP contribution in [0.4, 0.5) is 8.78 Å². The van der Waals surface area contributed by atoms with Gasteiger partial charge in [0.25, 0.3) is 0 Å². The first-order valence-corrected chi connectivity index (χ1v) is 16.3. The third kappa shape index (κ3) is 6.95. The summed E-state index contributed by atoms with van der Waals surface area (Å²) in [5.41, 5.74) is 2.52. The summed E-state index contributed by atoms with van der Waals surface area (Å²) < 4.78 is 31.2. The monoisotopic (exact) mass is 576 g/mol. The van der Waals surface area contributed by atoms with Gasteiger partial charge in [-0.2, -0.15) is 0 Å². The lowest BCUT2D eigenvalue weighted by Crippen LogP contribution is -2.23. The molecule has 2 aliphatic rings. The molecule has 5 rings (SSSR count). The number of aromatic nitrogens is 2. The summed E-state index contributed by atoms with van der Waals surface area (Å²) in [5.74, 6) is 0.774. The Kier molecular flexibility index (Phi) is 10.1. The highest BCUT2D eigenvalue weighted by molar-refractivity contribution is 5.86. The Morgan fingerprint density at radius 1 is 0.667 bits per heavy atom. The van der Waals surface area contributed by atoms with Crippen molar-refractivity contribution in [1.82, 2.24) is 9.97 Å². The van der Waals surface area contributed by atoms with Crippen LogP contribution in [0.2, 0.25) is 0 Å². The maximum absolute atomic E-state index is 15.6. The van der Waals surface area contributed by atoms with Gasteiger partial charge in [0, 0.05) is 48.2 Å². The van der Waals surface area contributed by atoms with Gasteiger partial charge in [-0.1, -0.05) is 39.5 Å². The molecule has 2 heterocycles. The zero-order chi connectivity index (χ0) is 29.6. The zero-order valence-corrected chi connectivity index (χ0v) is 25.2. The van der Waals surface area contributed by atoms with Crippen LogP contribution in [0.5, 0.6) is 0 Å². The number of carbonyl (C=O) groups is 2. The van der Waals surface area contributed by atoms with Crippen molar-refractivity contribution >= 4 is 11.6 Å². The second kappa shape index (κ2) is 14.0. The van der Waals surface area contributed by atoms with E-state index in [1.54, 1.807) is 24.5 Å². The number of aromatic amines is 2. The summed E-state index contributed by atoms with van der Waals surface area (Å²) in [7, 11) is 0. The molecule has 2 fully saturated rings. The highest BCUT2D eigenvalue weighted by Gasteiger charge is 2.29. The minimum Gasteiger partial charge on any atom is -0.361 e. The molecule has 42 heavy (non-hydrogen) atoms. The van der Waals surface area contributed by atoms with E-state index >= 15 is 8.78 Å². The molecule has 0 amide bonds. The molecule has 0 bridgehead atoms. The Morgan fingerprint density at radius 3 is 1.40 bits per heavy atom. The van der Waals surface area contributed by atoms with E-state index < -0.39 is 11.6 Å². The Hall–Kier alpha value is -3.02. The number of hydrogen-bond donors (Lipinski definition) is 2. The van der Waals surface area contributed by atoms with Gasteiger partial charge in [-0.25, -0.2) is 8.78 Å². The Labute approximate surface area is 249 Å².